The van der Waals surface area contributed by atoms with Crippen molar-refractivity contribution < 1.29 is 18.8 Å². The second kappa shape index (κ2) is 6.99. The van der Waals surface area contributed by atoms with Crippen molar-refractivity contribution in [3.8, 4) is 5.75 Å². The average molecular weight is 383 g/mol. The summed E-state index contributed by atoms with van der Waals surface area (Å²) in [5.74, 6) is 0.481. The zero-order chi connectivity index (χ0) is 19.8. The number of likely N-dealkylation sites (tertiary alicyclic amines) is 1. The molecule has 0 spiro atoms. The standard InChI is InChI=1S/C19H21N5O4/c1-10-21-18(28-23-10)14-9-24(8-13(14)17(25)20-2)19(26)16-7-11-6-12(27-3)4-5-15(11)22-16/h4-7,13-14,22H,8-9H2,1-3H3,(H,20,25). The maximum Gasteiger partial charge on any atom is 0.270 e. The van der Waals surface area contributed by atoms with E-state index in [1.807, 2.05) is 18.2 Å². The number of aromatic nitrogens is 3. The quantitative estimate of drug-likeness (QED) is 0.705. The van der Waals surface area contributed by atoms with E-state index in [4.69, 9.17) is 9.26 Å². The van der Waals surface area contributed by atoms with E-state index in [0.717, 1.165) is 16.7 Å². The molecule has 9 nitrogen and oxygen atoms in total. The number of nitrogens with zero attached hydrogens (tertiary/aromatic N) is 3. The second-order valence-corrected chi connectivity index (χ2v) is 6.85. The van der Waals surface area contributed by atoms with Crippen LogP contribution in [0.1, 0.15) is 28.1 Å². The van der Waals surface area contributed by atoms with Gasteiger partial charge in [-0.3, -0.25) is 9.59 Å². The largest absolute Gasteiger partial charge is 0.497 e. The van der Waals surface area contributed by atoms with Gasteiger partial charge in [0.25, 0.3) is 5.91 Å². The van der Waals surface area contributed by atoms with Crippen molar-refractivity contribution in [2.45, 2.75) is 12.8 Å². The Morgan fingerprint density at radius 1 is 1.32 bits per heavy atom. The molecule has 2 aromatic heterocycles. The fraction of sp³-hybridized carbons (Fsp3) is 0.368. The number of hydrogen-bond donors (Lipinski definition) is 2. The van der Waals surface area contributed by atoms with Gasteiger partial charge in [0.05, 0.1) is 18.9 Å². The molecule has 2 amide bonds. The molecule has 146 valence electrons. The van der Waals surface area contributed by atoms with Crippen LogP contribution in [0.3, 0.4) is 0 Å². The first-order valence-corrected chi connectivity index (χ1v) is 8.98. The summed E-state index contributed by atoms with van der Waals surface area (Å²) in [4.78, 5) is 34.5. The minimum absolute atomic E-state index is 0.155. The maximum absolute atomic E-state index is 13.1. The molecular weight excluding hydrogens is 362 g/mol. The van der Waals surface area contributed by atoms with Crippen molar-refractivity contribution in [3.05, 3.63) is 41.7 Å². The van der Waals surface area contributed by atoms with Gasteiger partial charge in [-0.25, -0.2) is 0 Å². The molecular formula is C19H21N5O4. The van der Waals surface area contributed by atoms with Gasteiger partial charge >= 0.3 is 0 Å². The van der Waals surface area contributed by atoms with Crippen LogP contribution in [0.4, 0.5) is 0 Å². The highest BCUT2D eigenvalue weighted by Gasteiger charge is 2.43. The zero-order valence-corrected chi connectivity index (χ0v) is 15.9. The van der Waals surface area contributed by atoms with Gasteiger partial charge in [0.1, 0.15) is 11.4 Å². The van der Waals surface area contributed by atoms with Crippen LogP contribution in [0, 0.1) is 12.8 Å². The van der Waals surface area contributed by atoms with E-state index in [0.29, 0.717) is 24.0 Å². The first-order chi connectivity index (χ1) is 13.5. The first kappa shape index (κ1) is 18.0. The van der Waals surface area contributed by atoms with E-state index in [-0.39, 0.29) is 24.3 Å². The summed E-state index contributed by atoms with van der Waals surface area (Å²) in [6.07, 6.45) is 0. The zero-order valence-electron chi connectivity index (χ0n) is 15.9. The number of rotatable bonds is 4. The van der Waals surface area contributed by atoms with Gasteiger partial charge in [0.2, 0.25) is 11.8 Å². The molecule has 1 saturated heterocycles. The Morgan fingerprint density at radius 2 is 2.14 bits per heavy atom. The van der Waals surface area contributed by atoms with Crippen LogP contribution >= 0.6 is 0 Å². The molecule has 3 aromatic rings. The molecule has 28 heavy (non-hydrogen) atoms. The molecule has 1 aliphatic heterocycles. The Balaban J connectivity index is 1.61. The van der Waals surface area contributed by atoms with Gasteiger partial charge in [0.15, 0.2) is 5.82 Å². The fourth-order valence-corrected chi connectivity index (χ4v) is 3.66. The van der Waals surface area contributed by atoms with Crippen LogP contribution in [-0.4, -0.2) is 59.1 Å². The number of nitrogens with one attached hydrogen (secondary N) is 2. The molecule has 2 N–H and O–H groups in total. The number of benzene rings is 1. The lowest BCUT2D eigenvalue weighted by Crippen LogP contribution is -2.33. The summed E-state index contributed by atoms with van der Waals surface area (Å²) in [5, 5.41) is 7.36. The molecule has 0 radical (unpaired) electrons. The smallest absolute Gasteiger partial charge is 0.270 e. The van der Waals surface area contributed by atoms with E-state index in [9.17, 15) is 9.59 Å². The van der Waals surface area contributed by atoms with E-state index < -0.39 is 5.92 Å². The Labute approximate surface area is 161 Å². The monoisotopic (exact) mass is 383 g/mol. The van der Waals surface area contributed by atoms with Crippen LogP contribution in [0.15, 0.2) is 28.8 Å². The molecule has 2 atom stereocenters. The fourth-order valence-electron chi connectivity index (χ4n) is 3.66. The molecule has 1 aromatic carbocycles. The highest BCUT2D eigenvalue weighted by Crippen LogP contribution is 2.33. The van der Waals surface area contributed by atoms with Gasteiger partial charge in [-0.15, -0.1) is 0 Å². The SMILES string of the molecule is CNC(=O)C1CN(C(=O)c2cc3cc(OC)ccc3[nH]2)CC1c1nc(C)no1. The number of aromatic amines is 1. The Bertz CT molecular complexity index is 1040. The summed E-state index contributed by atoms with van der Waals surface area (Å²) in [6, 6.07) is 7.36. The van der Waals surface area contributed by atoms with E-state index >= 15 is 0 Å². The highest BCUT2D eigenvalue weighted by atomic mass is 16.5. The number of amides is 2. The first-order valence-electron chi connectivity index (χ1n) is 8.98. The summed E-state index contributed by atoms with van der Waals surface area (Å²) in [7, 11) is 3.18. The molecule has 3 heterocycles. The van der Waals surface area contributed by atoms with Crippen LogP contribution in [0.5, 0.6) is 5.75 Å². The van der Waals surface area contributed by atoms with Crippen LogP contribution < -0.4 is 10.1 Å². The molecule has 1 fully saturated rings. The predicted octanol–water partition coefficient (Wildman–Crippen LogP) is 1.47. The van der Waals surface area contributed by atoms with E-state index in [2.05, 4.69) is 20.4 Å². The Morgan fingerprint density at radius 3 is 2.82 bits per heavy atom. The Hall–Kier alpha value is -3.36. The molecule has 2 unspecified atom stereocenters. The van der Waals surface area contributed by atoms with Gasteiger partial charge < -0.3 is 24.5 Å². The number of H-pyrrole nitrogens is 1. The Kier molecular flexibility index (Phi) is 4.50. The summed E-state index contributed by atoms with van der Waals surface area (Å²) in [6.45, 7) is 2.33. The number of carbonyl (C=O) groups is 2. The third-order valence-corrected chi connectivity index (χ3v) is 5.11. The van der Waals surface area contributed by atoms with Crippen LogP contribution in [-0.2, 0) is 4.79 Å². The predicted molar refractivity (Wildman–Crippen MR) is 100 cm³/mol. The molecule has 0 bridgehead atoms. The van der Waals surface area contributed by atoms with Crippen molar-refractivity contribution in [3.63, 3.8) is 0 Å². The van der Waals surface area contributed by atoms with E-state index in [1.54, 1.807) is 32.0 Å². The number of methoxy groups -OCH3 is 1. The number of aryl methyl sites for hydroxylation is 1. The van der Waals surface area contributed by atoms with Crippen molar-refractivity contribution >= 4 is 22.7 Å². The third-order valence-electron chi connectivity index (χ3n) is 5.11. The average Bonchev–Trinajstić information content (AvgIpc) is 3.43. The van der Waals surface area contributed by atoms with E-state index in [1.165, 1.54) is 0 Å². The van der Waals surface area contributed by atoms with Gasteiger partial charge in [-0.2, -0.15) is 4.98 Å². The number of carbonyl (C=O) groups excluding carboxylic acids is 2. The van der Waals surface area contributed by atoms with Crippen LogP contribution in [0.25, 0.3) is 10.9 Å². The molecule has 0 saturated carbocycles. The molecule has 1 aliphatic rings. The lowest BCUT2D eigenvalue weighted by atomic mass is 9.95. The minimum Gasteiger partial charge on any atom is -0.497 e. The lowest BCUT2D eigenvalue weighted by molar-refractivity contribution is -0.124. The minimum atomic E-state index is -0.446. The third kappa shape index (κ3) is 3.08. The maximum atomic E-state index is 13.1. The lowest BCUT2D eigenvalue weighted by Gasteiger charge is -2.14. The molecule has 9 heteroatoms. The van der Waals surface area contributed by atoms with Crippen LogP contribution in [0.2, 0.25) is 0 Å². The highest BCUT2D eigenvalue weighted by molar-refractivity contribution is 5.99. The number of fused-ring (bicyclic) bond motifs is 1. The van der Waals surface area contributed by atoms with Gasteiger partial charge in [-0.05, 0) is 31.2 Å². The summed E-state index contributed by atoms with van der Waals surface area (Å²) in [5.41, 5.74) is 1.30. The summed E-state index contributed by atoms with van der Waals surface area (Å²) >= 11 is 0. The summed E-state index contributed by atoms with van der Waals surface area (Å²) < 4.78 is 10.5. The second-order valence-electron chi connectivity index (χ2n) is 6.85. The molecule has 4 rings (SSSR count). The van der Waals surface area contributed by atoms with Crippen molar-refractivity contribution in [2.75, 3.05) is 27.2 Å². The topological polar surface area (TPSA) is 113 Å². The van der Waals surface area contributed by atoms with Crippen molar-refractivity contribution in [1.82, 2.24) is 25.3 Å². The van der Waals surface area contributed by atoms with Crippen molar-refractivity contribution in [2.24, 2.45) is 5.92 Å². The molecule has 0 aliphatic carbocycles. The number of hydrogen-bond acceptors (Lipinski definition) is 6. The van der Waals surface area contributed by atoms with Crippen molar-refractivity contribution in [1.29, 1.82) is 0 Å². The normalized spacial score (nSPS) is 19.2. The number of ether oxygens (including phenoxy) is 1. The van der Waals surface area contributed by atoms with Gasteiger partial charge in [0, 0.05) is 31.0 Å². The van der Waals surface area contributed by atoms with Gasteiger partial charge in [-0.1, -0.05) is 5.16 Å².